The Hall–Kier alpha value is -0.130. The monoisotopic (exact) mass is 250 g/mol. The topological polar surface area (TPSA) is 63.4 Å². The first kappa shape index (κ1) is 15.9. The third-order valence-corrected chi connectivity index (χ3v) is 4.93. The fourth-order valence-electron chi connectivity index (χ4n) is 1.08. The molecule has 0 saturated carbocycles. The molecule has 16 heavy (non-hydrogen) atoms. The van der Waals surface area contributed by atoms with Crippen molar-refractivity contribution in [3.05, 3.63) is 0 Å². The van der Waals surface area contributed by atoms with Gasteiger partial charge in [0.05, 0.1) is 5.75 Å². The van der Waals surface area contributed by atoms with Crippen LogP contribution in [-0.2, 0) is 10.0 Å². The molecule has 0 rings (SSSR count). The number of likely N-dealkylation sites (N-methyl/N-ethyl adjacent to an activating group) is 1. The van der Waals surface area contributed by atoms with Crippen LogP contribution in [0, 0.1) is 5.41 Å². The van der Waals surface area contributed by atoms with Crippen LogP contribution < -0.4 is 5.73 Å². The molecule has 2 N–H and O–H groups in total. The van der Waals surface area contributed by atoms with Crippen molar-refractivity contribution in [3.8, 4) is 0 Å². The second kappa shape index (κ2) is 5.02. The fourth-order valence-corrected chi connectivity index (χ4v) is 3.05. The van der Waals surface area contributed by atoms with Gasteiger partial charge in [0.25, 0.3) is 0 Å². The lowest BCUT2D eigenvalue weighted by atomic mass is 9.94. The molecule has 4 nitrogen and oxygen atoms in total. The zero-order valence-electron chi connectivity index (χ0n) is 11.4. The van der Waals surface area contributed by atoms with Crippen LogP contribution in [0.15, 0.2) is 0 Å². The maximum Gasteiger partial charge on any atom is 0.214 e. The summed E-state index contributed by atoms with van der Waals surface area (Å²) in [6.07, 6.45) is 0.653. The van der Waals surface area contributed by atoms with Crippen molar-refractivity contribution in [2.45, 2.75) is 46.6 Å². The van der Waals surface area contributed by atoms with Crippen LogP contribution in [0.5, 0.6) is 0 Å². The molecule has 0 unspecified atom stereocenters. The first-order valence-corrected chi connectivity index (χ1v) is 7.20. The molecular formula is C11H26N2O2S. The van der Waals surface area contributed by atoms with Crippen molar-refractivity contribution < 1.29 is 8.42 Å². The molecule has 0 aliphatic rings. The maximum absolute atomic E-state index is 12.1. The van der Waals surface area contributed by atoms with Crippen molar-refractivity contribution in [2.24, 2.45) is 11.1 Å². The first-order valence-electron chi connectivity index (χ1n) is 5.59. The fraction of sp³-hybridized carbons (Fsp3) is 1.00. The molecule has 0 fully saturated rings. The van der Waals surface area contributed by atoms with E-state index in [-0.39, 0.29) is 11.2 Å². The molecule has 0 aliphatic heterocycles. The van der Waals surface area contributed by atoms with Crippen molar-refractivity contribution >= 4 is 10.0 Å². The van der Waals surface area contributed by atoms with Gasteiger partial charge in [-0.2, -0.15) is 4.31 Å². The summed E-state index contributed by atoms with van der Waals surface area (Å²) < 4.78 is 25.5. The smallest absolute Gasteiger partial charge is 0.214 e. The lowest BCUT2D eigenvalue weighted by Gasteiger charge is -2.34. The van der Waals surface area contributed by atoms with Gasteiger partial charge in [0.2, 0.25) is 10.0 Å². The van der Waals surface area contributed by atoms with E-state index in [2.05, 4.69) is 0 Å². The molecule has 0 radical (unpaired) electrons. The zero-order chi connectivity index (χ0) is 13.2. The van der Waals surface area contributed by atoms with Crippen LogP contribution >= 0.6 is 0 Å². The summed E-state index contributed by atoms with van der Waals surface area (Å²) in [7, 11) is -1.61. The number of hydrogen-bond donors (Lipinski definition) is 1. The largest absolute Gasteiger partial charge is 0.329 e. The lowest BCUT2D eigenvalue weighted by Crippen LogP contribution is -2.50. The van der Waals surface area contributed by atoms with E-state index in [4.69, 9.17) is 5.73 Å². The summed E-state index contributed by atoms with van der Waals surface area (Å²) in [6, 6.07) is 0. The van der Waals surface area contributed by atoms with E-state index < -0.39 is 15.6 Å². The van der Waals surface area contributed by atoms with E-state index in [0.717, 1.165) is 0 Å². The highest BCUT2D eigenvalue weighted by Crippen LogP contribution is 2.22. The van der Waals surface area contributed by atoms with Crippen molar-refractivity contribution in [1.82, 2.24) is 4.31 Å². The predicted molar refractivity (Wildman–Crippen MR) is 68.8 cm³/mol. The summed E-state index contributed by atoms with van der Waals surface area (Å²) in [6.45, 7) is 10.1. The Morgan fingerprint density at radius 1 is 1.12 bits per heavy atom. The number of sulfonamides is 1. The van der Waals surface area contributed by atoms with E-state index in [1.165, 1.54) is 4.31 Å². The zero-order valence-corrected chi connectivity index (χ0v) is 12.2. The molecule has 0 aromatic carbocycles. The van der Waals surface area contributed by atoms with Gasteiger partial charge < -0.3 is 5.73 Å². The summed E-state index contributed by atoms with van der Waals surface area (Å²) >= 11 is 0. The first-order chi connectivity index (χ1) is 6.92. The lowest BCUT2D eigenvalue weighted by molar-refractivity contribution is 0.271. The highest BCUT2D eigenvalue weighted by molar-refractivity contribution is 7.89. The minimum absolute atomic E-state index is 0.0285. The molecule has 0 aromatic rings. The van der Waals surface area contributed by atoms with E-state index in [1.807, 2.05) is 34.6 Å². The van der Waals surface area contributed by atoms with Gasteiger partial charge in [-0.3, -0.25) is 0 Å². The number of nitrogens with zero attached hydrogens (tertiary/aromatic N) is 1. The van der Waals surface area contributed by atoms with Crippen molar-refractivity contribution in [3.63, 3.8) is 0 Å². The number of rotatable bonds is 5. The standard InChI is InChI=1S/C11H26N2O2S/c1-10(2,3)7-8-16(14,15)13(6)11(4,5)9-12/h7-9,12H2,1-6H3. The van der Waals surface area contributed by atoms with Gasteiger partial charge in [0, 0.05) is 19.1 Å². The van der Waals surface area contributed by atoms with Crippen LogP contribution in [0.25, 0.3) is 0 Å². The van der Waals surface area contributed by atoms with Gasteiger partial charge in [-0.25, -0.2) is 8.42 Å². The summed E-state index contributed by atoms with van der Waals surface area (Å²) in [5.41, 5.74) is 5.09. The highest BCUT2D eigenvalue weighted by Gasteiger charge is 2.32. The van der Waals surface area contributed by atoms with Crippen LogP contribution in [-0.4, -0.2) is 37.6 Å². The Morgan fingerprint density at radius 3 is 1.88 bits per heavy atom. The minimum Gasteiger partial charge on any atom is -0.329 e. The number of nitrogens with two attached hydrogens (primary N) is 1. The second-order valence-corrected chi connectivity index (χ2v) is 8.23. The third kappa shape index (κ3) is 4.80. The molecule has 0 bridgehead atoms. The van der Waals surface area contributed by atoms with Gasteiger partial charge in [-0.05, 0) is 25.7 Å². The predicted octanol–water partition coefficient (Wildman–Crippen LogP) is 1.42. The van der Waals surface area contributed by atoms with E-state index >= 15 is 0 Å². The van der Waals surface area contributed by atoms with Gasteiger partial charge in [0.1, 0.15) is 0 Å². The molecule has 0 spiro atoms. The van der Waals surface area contributed by atoms with Crippen LogP contribution in [0.3, 0.4) is 0 Å². The van der Waals surface area contributed by atoms with E-state index in [0.29, 0.717) is 13.0 Å². The Bertz CT molecular complexity index is 315. The maximum atomic E-state index is 12.1. The van der Waals surface area contributed by atoms with Crippen molar-refractivity contribution in [1.29, 1.82) is 0 Å². The SMILES string of the molecule is CN(C(C)(C)CN)S(=O)(=O)CCC(C)(C)C. The van der Waals surface area contributed by atoms with Crippen LogP contribution in [0.4, 0.5) is 0 Å². The second-order valence-electron chi connectivity index (χ2n) is 6.11. The summed E-state index contributed by atoms with van der Waals surface area (Å²) in [4.78, 5) is 0. The Morgan fingerprint density at radius 2 is 1.56 bits per heavy atom. The van der Waals surface area contributed by atoms with Gasteiger partial charge >= 0.3 is 0 Å². The molecule has 0 saturated heterocycles. The molecule has 0 atom stereocenters. The molecule has 0 aromatic heterocycles. The summed E-state index contributed by atoms with van der Waals surface area (Å²) in [5, 5.41) is 0. The molecule has 5 heteroatoms. The third-order valence-electron chi connectivity index (χ3n) is 2.88. The van der Waals surface area contributed by atoms with E-state index in [9.17, 15) is 8.42 Å². The van der Waals surface area contributed by atoms with Gasteiger partial charge in [0.15, 0.2) is 0 Å². The van der Waals surface area contributed by atoms with Gasteiger partial charge in [-0.15, -0.1) is 0 Å². The van der Waals surface area contributed by atoms with Crippen molar-refractivity contribution in [2.75, 3.05) is 19.3 Å². The minimum atomic E-state index is -3.21. The van der Waals surface area contributed by atoms with Gasteiger partial charge in [-0.1, -0.05) is 20.8 Å². The molecule has 0 aliphatic carbocycles. The Kier molecular flexibility index (Phi) is 4.98. The number of hydrogen-bond acceptors (Lipinski definition) is 3. The average molecular weight is 250 g/mol. The Labute approximate surface area is 100 Å². The average Bonchev–Trinajstić information content (AvgIpc) is 2.13. The highest BCUT2D eigenvalue weighted by atomic mass is 32.2. The van der Waals surface area contributed by atoms with E-state index in [1.54, 1.807) is 7.05 Å². The normalized spacial score (nSPS) is 14.5. The molecule has 0 heterocycles. The molecule has 98 valence electrons. The molecular weight excluding hydrogens is 224 g/mol. The Balaban J connectivity index is 4.69. The van der Waals surface area contributed by atoms with Crippen LogP contribution in [0.1, 0.15) is 41.0 Å². The van der Waals surface area contributed by atoms with Crippen LogP contribution in [0.2, 0.25) is 0 Å². The summed E-state index contributed by atoms with van der Waals surface area (Å²) in [5.74, 6) is 0.177. The quantitative estimate of drug-likeness (QED) is 0.802. The molecule has 0 amide bonds.